The molecule has 6 heteroatoms. The van der Waals surface area contributed by atoms with E-state index in [2.05, 4.69) is 4.90 Å². The first kappa shape index (κ1) is 16.9. The van der Waals surface area contributed by atoms with Crippen molar-refractivity contribution < 1.29 is 19.1 Å². The molecule has 2 fully saturated rings. The average molecular weight is 332 g/mol. The summed E-state index contributed by atoms with van der Waals surface area (Å²) in [6.45, 7) is 5.02. The molecular weight excluding hydrogens is 308 g/mol. The van der Waals surface area contributed by atoms with Crippen LogP contribution in [0.1, 0.15) is 23.2 Å². The molecule has 2 aliphatic rings. The predicted octanol–water partition coefficient (Wildman–Crippen LogP) is 1.20. The van der Waals surface area contributed by atoms with Crippen molar-refractivity contribution in [1.29, 1.82) is 0 Å². The van der Waals surface area contributed by atoms with Crippen molar-refractivity contribution in [3.63, 3.8) is 0 Å². The standard InChI is InChI=1S/C18H24N2O4/c21-13-15-2-1-3-17(12-15)24-14-18(22)20-8-6-19(7-9-20)16-4-10-23-11-5-16/h1-3,12-13,16H,4-11,14H2. The highest BCUT2D eigenvalue weighted by Gasteiger charge is 2.27. The summed E-state index contributed by atoms with van der Waals surface area (Å²) in [5, 5.41) is 0. The summed E-state index contributed by atoms with van der Waals surface area (Å²) in [6.07, 6.45) is 2.94. The number of carbonyl (C=O) groups excluding carboxylic acids is 2. The van der Waals surface area contributed by atoms with Crippen molar-refractivity contribution in [3.8, 4) is 5.75 Å². The van der Waals surface area contributed by atoms with E-state index in [0.29, 0.717) is 17.4 Å². The molecule has 0 atom stereocenters. The van der Waals surface area contributed by atoms with Gasteiger partial charge in [0.1, 0.15) is 12.0 Å². The van der Waals surface area contributed by atoms with Gasteiger partial charge in [-0.3, -0.25) is 14.5 Å². The van der Waals surface area contributed by atoms with E-state index in [4.69, 9.17) is 9.47 Å². The van der Waals surface area contributed by atoms with Gasteiger partial charge in [-0.05, 0) is 25.0 Å². The summed E-state index contributed by atoms with van der Waals surface area (Å²) in [7, 11) is 0. The number of aldehydes is 1. The Balaban J connectivity index is 1.44. The van der Waals surface area contributed by atoms with Crippen LogP contribution < -0.4 is 4.74 Å². The highest BCUT2D eigenvalue weighted by molar-refractivity contribution is 5.78. The van der Waals surface area contributed by atoms with Gasteiger partial charge in [-0.25, -0.2) is 0 Å². The van der Waals surface area contributed by atoms with Gasteiger partial charge in [0.05, 0.1) is 0 Å². The smallest absolute Gasteiger partial charge is 0.260 e. The minimum Gasteiger partial charge on any atom is -0.484 e. The summed E-state index contributed by atoms with van der Waals surface area (Å²) in [4.78, 5) is 27.4. The second-order valence-corrected chi connectivity index (χ2v) is 6.24. The molecule has 2 aliphatic heterocycles. The lowest BCUT2D eigenvalue weighted by Crippen LogP contribution is -2.53. The fourth-order valence-corrected chi connectivity index (χ4v) is 3.30. The van der Waals surface area contributed by atoms with E-state index in [-0.39, 0.29) is 12.5 Å². The zero-order chi connectivity index (χ0) is 16.8. The van der Waals surface area contributed by atoms with E-state index < -0.39 is 0 Å². The Morgan fingerprint density at radius 3 is 2.67 bits per heavy atom. The zero-order valence-electron chi connectivity index (χ0n) is 13.9. The molecule has 3 rings (SSSR count). The Bertz CT molecular complexity index is 564. The molecule has 1 aromatic rings. The SMILES string of the molecule is O=Cc1cccc(OCC(=O)N2CCN(C3CCOCC3)CC2)c1. The van der Waals surface area contributed by atoms with Gasteiger partial charge in [-0.1, -0.05) is 12.1 Å². The fourth-order valence-electron chi connectivity index (χ4n) is 3.30. The van der Waals surface area contributed by atoms with Gasteiger partial charge in [0, 0.05) is 51.0 Å². The van der Waals surface area contributed by atoms with E-state index in [1.54, 1.807) is 24.3 Å². The molecular formula is C18H24N2O4. The highest BCUT2D eigenvalue weighted by atomic mass is 16.5. The molecule has 6 nitrogen and oxygen atoms in total. The lowest BCUT2D eigenvalue weighted by atomic mass is 10.1. The quantitative estimate of drug-likeness (QED) is 0.759. The normalized spacial score (nSPS) is 19.9. The van der Waals surface area contributed by atoms with Crippen LogP contribution in [0.4, 0.5) is 0 Å². The molecule has 0 N–H and O–H groups in total. The Hall–Kier alpha value is -1.92. The molecule has 130 valence electrons. The summed E-state index contributed by atoms with van der Waals surface area (Å²) in [6, 6.07) is 7.44. The summed E-state index contributed by atoms with van der Waals surface area (Å²) in [5.74, 6) is 0.548. The van der Waals surface area contributed by atoms with Crippen molar-refractivity contribution in [1.82, 2.24) is 9.80 Å². The van der Waals surface area contributed by atoms with Crippen LogP contribution in [0.15, 0.2) is 24.3 Å². The number of piperazine rings is 1. The van der Waals surface area contributed by atoms with Gasteiger partial charge in [0.15, 0.2) is 6.61 Å². The Morgan fingerprint density at radius 1 is 1.21 bits per heavy atom. The first-order valence-electron chi connectivity index (χ1n) is 8.54. The maximum absolute atomic E-state index is 12.3. The second kappa shape index (κ2) is 8.26. The van der Waals surface area contributed by atoms with Gasteiger partial charge < -0.3 is 14.4 Å². The monoisotopic (exact) mass is 332 g/mol. The van der Waals surface area contributed by atoms with E-state index in [9.17, 15) is 9.59 Å². The number of amides is 1. The first-order chi connectivity index (χ1) is 11.8. The van der Waals surface area contributed by atoms with Crippen molar-refractivity contribution in [3.05, 3.63) is 29.8 Å². The molecule has 0 radical (unpaired) electrons. The van der Waals surface area contributed by atoms with Crippen LogP contribution in [0, 0.1) is 0 Å². The third-order valence-electron chi connectivity index (χ3n) is 4.73. The van der Waals surface area contributed by atoms with Crippen LogP contribution in [-0.2, 0) is 9.53 Å². The maximum Gasteiger partial charge on any atom is 0.260 e. The fraction of sp³-hybridized carbons (Fsp3) is 0.556. The lowest BCUT2D eigenvalue weighted by molar-refractivity contribution is -0.135. The van der Waals surface area contributed by atoms with Gasteiger partial charge in [-0.2, -0.15) is 0 Å². The molecule has 24 heavy (non-hydrogen) atoms. The summed E-state index contributed by atoms with van der Waals surface area (Å²) < 4.78 is 10.9. The number of ether oxygens (including phenoxy) is 2. The third-order valence-corrected chi connectivity index (χ3v) is 4.73. The largest absolute Gasteiger partial charge is 0.484 e. The molecule has 0 unspecified atom stereocenters. The molecule has 2 saturated heterocycles. The van der Waals surface area contributed by atoms with Crippen molar-refractivity contribution in [2.24, 2.45) is 0 Å². The van der Waals surface area contributed by atoms with Gasteiger partial charge in [-0.15, -0.1) is 0 Å². The topological polar surface area (TPSA) is 59.1 Å². The number of nitrogens with zero attached hydrogens (tertiary/aromatic N) is 2. The van der Waals surface area contributed by atoms with Crippen LogP contribution in [0.25, 0.3) is 0 Å². The minimum atomic E-state index is -0.00173. The number of hydrogen-bond donors (Lipinski definition) is 0. The molecule has 1 amide bonds. The molecule has 0 spiro atoms. The first-order valence-corrected chi connectivity index (χ1v) is 8.54. The number of carbonyl (C=O) groups is 2. The van der Waals surface area contributed by atoms with Crippen LogP contribution in [0.2, 0.25) is 0 Å². The van der Waals surface area contributed by atoms with Crippen LogP contribution >= 0.6 is 0 Å². The molecule has 0 saturated carbocycles. The van der Waals surface area contributed by atoms with Crippen LogP contribution in [0.5, 0.6) is 5.75 Å². The van der Waals surface area contributed by atoms with Crippen molar-refractivity contribution in [2.75, 3.05) is 46.0 Å². The second-order valence-electron chi connectivity index (χ2n) is 6.24. The Labute approximate surface area is 142 Å². The van der Waals surface area contributed by atoms with Crippen LogP contribution in [0.3, 0.4) is 0 Å². The highest BCUT2D eigenvalue weighted by Crippen LogP contribution is 2.17. The number of hydrogen-bond acceptors (Lipinski definition) is 5. The maximum atomic E-state index is 12.3. The van der Waals surface area contributed by atoms with Crippen molar-refractivity contribution >= 4 is 12.2 Å². The summed E-state index contributed by atoms with van der Waals surface area (Å²) in [5.41, 5.74) is 0.546. The van der Waals surface area contributed by atoms with E-state index in [1.165, 1.54) is 0 Å². The van der Waals surface area contributed by atoms with Crippen LogP contribution in [-0.4, -0.2) is 74.0 Å². The Kier molecular flexibility index (Phi) is 5.82. The van der Waals surface area contributed by atoms with E-state index >= 15 is 0 Å². The lowest BCUT2D eigenvalue weighted by Gasteiger charge is -2.40. The molecule has 0 bridgehead atoms. The van der Waals surface area contributed by atoms with Gasteiger partial charge in [0.2, 0.25) is 0 Å². The van der Waals surface area contributed by atoms with E-state index in [0.717, 1.165) is 58.5 Å². The molecule has 2 heterocycles. The molecule has 1 aromatic carbocycles. The molecule has 0 aromatic heterocycles. The zero-order valence-corrected chi connectivity index (χ0v) is 13.9. The van der Waals surface area contributed by atoms with Gasteiger partial charge in [0.25, 0.3) is 5.91 Å². The predicted molar refractivity (Wildman–Crippen MR) is 89.3 cm³/mol. The number of rotatable bonds is 5. The Morgan fingerprint density at radius 2 is 1.96 bits per heavy atom. The van der Waals surface area contributed by atoms with Crippen molar-refractivity contribution in [2.45, 2.75) is 18.9 Å². The number of benzene rings is 1. The van der Waals surface area contributed by atoms with E-state index in [1.807, 2.05) is 4.90 Å². The van der Waals surface area contributed by atoms with Gasteiger partial charge >= 0.3 is 0 Å². The average Bonchev–Trinajstić information content (AvgIpc) is 2.67. The third kappa shape index (κ3) is 4.33. The molecule has 0 aliphatic carbocycles. The summed E-state index contributed by atoms with van der Waals surface area (Å²) >= 11 is 0. The minimum absolute atomic E-state index is 0.00173.